The molecule has 0 bridgehead atoms. The monoisotopic (exact) mass is 541 g/mol. The number of thiophene rings is 1. The fourth-order valence-electron chi connectivity index (χ4n) is 4.47. The summed E-state index contributed by atoms with van der Waals surface area (Å²) in [6.45, 7) is 5.47. The second kappa shape index (κ2) is 12.7. The molecule has 1 saturated heterocycles. The number of sulfonamides is 1. The summed E-state index contributed by atoms with van der Waals surface area (Å²) >= 11 is 1.61. The summed E-state index contributed by atoms with van der Waals surface area (Å²) in [6.07, 6.45) is 2.24. The molecule has 1 aliphatic rings. The summed E-state index contributed by atoms with van der Waals surface area (Å²) in [5.74, 6) is 0.370. The first-order valence-corrected chi connectivity index (χ1v) is 14.9. The number of methoxy groups -OCH3 is 1. The van der Waals surface area contributed by atoms with Gasteiger partial charge in [-0.05, 0) is 79.7 Å². The molecule has 0 saturated carbocycles. The minimum atomic E-state index is -3.88. The third-order valence-electron chi connectivity index (χ3n) is 6.74. The van der Waals surface area contributed by atoms with E-state index in [0.29, 0.717) is 25.4 Å². The van der Waals surface area contributed by atoms with E-state index in [1.807, 2.05) is 48.7 Å². The summed E-state index contributed by atoms with van der Waals surface area (Å²) in [5.41, 5.74) is 2.14. The zero-order chi connectivity index (χ0) is 26.3. The Morgan fingerprint density at radius 2 is 1.70 bits per heavy atom. The Bertz CT molecular complexity index is 1250. The van der Waals surface area contributed by atoms with Crippen LogP contribution in [0.4, 0.5) is 0 Å². The molecule has 7 nitrogen and oxygen atoms in total. The Morgan fingerprint density at radius 3 is 2.32 bits per heavy atom. The molecular formula is C28H35N3O4S2. The number of hydrogen-bond acceptors (Lipinski definition) is 6. The third kappa shape index (κ3) is 7.19. The second-order valence-corrected chi connectivity index (χ2v) is 12.3. The van der Waals surface area contributed by atoms with E-state index in [-0.39, 0.29) is 23.9 Å². The van der Waals surface area contributed by atoms with E-state index in [0.717, 1.165) is 41.9 Å². The lowest BCUT2D eigenvalue weighted by molar-refractivity contribution is -0.132. The van der Waals surface area contributed by atoms with Gasteiger partial charge in [0.1, 0.15) is 5.75 Å². The first kappa shape index (κ1) is 27.3. The minimum Gasteiger partial charge on any atom is -0.497 e. The van der Waals surface area contributed by atoms with E-state index >= 15 is 0 Å². The fourth-order valence-corrected chi connectivity index (χ4v) is 6.77. The molecular weight excluding hydrogens is 506 g/mol. The van der Waals surface area contributed by atoms with Gasteiger partial charge in [-0.15, -0.1) is 11.3 Å². The normalized spacial score (nSPS) is 14.2. The first-order valence-electron chi connectivity index (χ1n) is 12.6. The Morgan fingerprint density at radius 1 is 1.00 bits per heavy atom. The molecule has 37 heavy (non-hydrogen) atoms. The summed E-state index contributed by atoms with van der Waals surface area (Å²) in [6, 6.07) is 18.2. The molecule has 0 radical (unpaired) electrons. The number of hydrogen-bond donors (Lipinski definition) is 0. The van der Waals surface area contributed by atoms with Crippen molar-refractivity contribution in [3.8, 4) is 5.75 Å². The fraction of sp³-hybridized carbons (Fsp3) is 0.393. The maximum absolute atomic E-state index is 13.8. The van der Waals surface area contributed by atoms with Gasteiger partial charge in [0.25, 0.3) is 0 Å². The summed E-state index contributed by atoms with van der Waals surface area (Å²) in [4.78, 5) is 19.0. The van der Waals surface area contributed by atoms with E-state index in [1.165, 1.54) is 16.4 Å². The van der Waals surface area contributed by atoms with Gasteiger partial charge < -0.3 is 14.5 Å². The van der Waals surface area contributed by atoms with Crippen molar-refractivity contribution in [1.29, 1.82) is 0 Å². The van der Waals surface area contributed by atoms with Crippen molar-refractivity contribution in [2.24, 2.45) is 0 Å². The summed E-state index contributed by atoms with van der Waals surface area (Å²) in [7, 11) is -2.34. The maximum Gasteiger partial charge on any atom is 0.243 e. The summed E-state index contributed by atoms with van der Waals surface area (Å²) in [5, 5.41) is 2.02. The van der Waals surface area contributed by atoms with Crippen LogP contribution < -0.4 is 4.74 Å². The quantitative estimate of drug-likeness (QED) is 0.340. The molecule has 198 valence electrons. The molecule has 0 aliphatic carbocycles. The molecule has 9 heteroatoms. The highest BCUT2D eigenvalue weighted by Crippen LogP contribution is 2.22. The van der Waals surface area contributed by atoms with Crippen molar-refractivity contribution in [2.45, 2.75) is 37.8 Å². The van der Waals surface area contributed by atoms with Crippen molar-refractivity contribution in [3.63, 3.8) is 0 Å². The molecule has 0 unspecified atom stereocenters. The number of amides is 1. The van der Waals surface area contributed by atoms with Crippen LogP contribution in [-0.2, 0) is 27.9 Å². The van der Waals surface area contributed by atoms with Crippen molar-refractivity contribution in [2.75, 3.05) is 39.8 Å². The van der Waals surface area contributed by atoms with Crippen molar-refractivity contribution >= 4 is 27.3 Å². The predicted molar refractivity (Wildman–Crippen MR) is 147 cm³/mol. The molecule has 0 atom stereocenters. The van der Waals surface area contributed by atoms with Gasteiger partial charge in [0, 0.05) is 24.5 Å². The van der Waals surface area contributed by atoms with Gasteiger partial charge in [0.2, 0.25) is 15.9 Å². The molecule has 1 aromatic heterocycles. The number of aryl methyl sites for hydroxylation is 1. The lowest BCUT2D eigenvalue weighted by Crippen LogP contribution is -2.45. The standard InChI is InChI=1S/C28H35N3O4S2/c1-23-14-19-36-27(23)21-30(20-24-8-4-3-5-9-24)28(32)22-31(18-17-29-15-6-7-16-29)37(33,34)26-12-10-25(35-2)11-13-26/h3-5,8-14,19H,6-7,15-18,20-22H2,1-2H3. The van der Waals surface area contributed by atoms with Crippen LogP contribution in [0.1, 0.15) is 28.8 Å². The molecule has 2 aromatic carbocycles. The molecule has 0 spiro atoms. The molecule has 1 amide bonds. The topological polar surface area (TPSA) is 70.2 Å². The van der Waals surface area contributed by atoms with Gasteiger partial charge in [-0.2, -0.15) is 4.31 Å². The van der Waals surface area contributed by atoms with Crippen molar-refractivity contribution in [1.82, 2.24) is 14.1 Å². The lowest BCUT2D eigenvalue weighted by Gasteiger charge is -2.28. The molecule has 3 aromatic rings. The Hall–Kier alpha value is -2.72. The molecule has 2 heterocycles. The van der Waals surface area contributed by atoms with E-state index in [2.05, 4.69) is 4.90 Å². The summed E-state index contributed by atoms with van der Waals surface area (Å²) < 4.78 is 34.0. The largest absolute Gasteiger partial charge is 0.497 e. The van der Waals surface area contributed by atoms with Crippen LogP contribution in [0.15, 0.2) is 70.9 Å². The van der Waals surface area contributed by atoms with E-state index in [9.17, 15) is 13.2 Å². The smallest absolute Gasteiger partial charge is 0.243 e. The van der Waals surface area contributed by atoms with E-state index < -0.39 is 10.0 Å². The van der Waals surface area contributed by atoms with Crippen LogP contribution in [0.2, 0.25) is 0 Å². The number of benzene rings is 2. The third-order valence-corrected chi connectivity index (χ3v) is 9.61. The highest BCUT2D eigenvalue weighted by atomic mass is 32.2. The maximum atomic E-state index is 13.8. The van der Waals surface area contributed by atoms with Gasteiger partial charge in [-0.1, -0.05) is 30.3 Å². The van der Waals surface area contributed by atoms with Crippen LogP contribution in [0.25, 0.3) is 0 Å². The first-order chi connectivity index (χ1) is 17.9. The number of likely N-dealkylation sites (tertiary alicyclic amines) is 1. The minimum absolute atomic E-state index is 0.159. The van der Waals surface area contributed by atoms with Gasteiger partial charge in [0.05, 0.1) is 25.1 Å². The van der Waals surface area contributed by atoms with Crippen LogP contribution in [-0.4, -0.2) is 68.3 Å². The molecule has 1 fully saturated rings. The van der Waals surface area contributed by atoms with Gasteiger partial charge in [-0.3, -0.25) is 4.79 Å². The lowest BCUT2D eigenvalue weighted by atomic mass is 10.2. The zero-order valence-electron chi connectivity index (χ0n) is 21.5. The zero-order valence-corrected chi connectivity index (χ0v) is 23.1. The van der Waals surface area contributed by atoms with E-state index in [1.54, 1.807) is 35.5 Å². The van der Waals surface area contributed by atoms with E-state index in [4.69, 9.17) is 4.74 Å². The van der Waals surface area contributed by atoms with Gasteiger partial charge in [-0.25, -0.2) is 8.42 Å². The number of carbonyl (C=O) groups excluding carboxylic acids is 1. The van der Waals surface area contributed by atoms with Crippen LogP contribution in [0.5, 0.6) is 5.75 Å². The Kier molecular flexibility index (Phi) is 9.37. The number of carbonyl (C=O) groups is 1. The number of ether oxygens (including phenoxy) is 1. The molecule has 1 aliphatic heterocycles. The Balaban J connectivity index is 1.58. The highest BCUT2D eigenvalue weighted by molar-refractivity contribution is 7.89. The van der Waals surface area contributed by atoms with Crippen LogP contribution in [0.3, 0.4) is 0 Å². The van der Waals surface area contributed by atoms with Gasteiger partial charge >= 0.3 is 0 Å². The second-order valence-electron chi connectivity index (χ2n) is 9.33. The van der Waals surface area contributed by atoms with Gasteiger partial charge in [0.15, 0.2) is 0 Å². The Labute approximate surface area is 224 Å². The number of nitrogens with zero attached hydrogens (tertiary/aromatic N) is 3. The van der Waals surface area contributed by atoms with Crippen LogP contribution in [0, 0.1) is 6.92 Å². The predicted octanol–water partition coefficient (Wildman–Crippen LogP) is 4.38. The highest BCUT2D eigenvalue weighted by Gasteiger charge is 2.30. The average Bonchev–Trinajstić information content (AvgIpc) is 3.58. The molecule has 4 rings (SSSR count). The van der Waals surface area contributed by atoms with Crippen LogP contribution >= 0.6 is 11.3 Å². The molecule has 0 N–H and O–H groups in total. The van der Waals surface area contributed by atoms with Crippen molar-refractivity contribution < 1.29 is 17.9 Å². The SMILES string of the molecule is COc1ccc(S(=O)(=O)N(CCN2CCCC2)CC(=O)N(Cc2ccccc2)Cc2sccc2C)cc1. The van der Waals surface area contributed by atoms with Crippen molar-refractivity contribution in [3.05, 3.63) is 82.0 Å². The average molecular weight is 542 g/mol. The number of rotatable bonds is 12.